The Hall–Kier alpha value is -6.51. The number of para-hydroxylation sites is 2. The van der Waals surface area contributed by atoms with Gasteiger partial charge in [0, 0.05) is 16.8 Å². The van der Waals surface area contributed by atoms with Crippen LogP contribution in [0.1, 0.15) is 0 Å². The van der Waals surface area contributed by atoms with Crippen LogP contribution in [0.15, 0.2) is 194 Å². The minimum absolute atomic E-state index is 0.885. The number of benzene rings is 8. The summed E-state index contributed by atoms with van der Waals surface area (Å²) in [6.45, 7) is 0. The summed E-state index contributed by atoms with van der Waals surface area (Å²) in [5, 5.41) is 6.11. The summed E-state index contributed by atoms with van der Waals surface area (Å²) in [5.41, 5.74) is 10.5. The van der Waals surface area contributed by atoms with E-state index in [1.54, 1.807) is 0 Å². The monoisotopic (exact) mass is 624 g/mol. The van der Waals surface area contributed by atoms with Crippen molar-refractivity contribution in [2.45, 2.75) is 0 Å². The number of pyridine rings is 1. The van der Waals surface area contributed by atoms with Gasteiger partial charge in [0.1, 0.15) is 5.82 Å². The van der Waals surface area contributed by atoms with E-state index in [1.165, 1.54) is 54.9 Å². The van der Waals surface area contributed by atoms with E-state index < -0.39 is 0 Å². The first-order chi connectivity index (χ1) is 24.3. The van der Waals surface area contributed by atoms with Crippen LogP contribution in [-0.2, 0) is 0 Å². The highest BCUT2D eigenvalue weighted by atomic mass is 15.2. The summed E-state index contributed by atoms with van der Waals surface area (Å²) >= 11 is 0. The molecule has 0 atom stereocenters. The van der Waals surface area contributed by atoms with Crippen LogP contribution < -0.4 is 4.90 Å². The van der Waals surface area contributed by atoms with E-state index in [2.05, 4.69) is 193 Å². The molecule has 0 unspecified atom stereocenters. The number of nitrogens with zero attached hydrogens (tertiary/aromatic N) is 2. The van der Waals surface area contributed by atoms with Crippen LogP contribution in [0.25, 0.3) is 65.8 Å². The van der Waals surface area contributed by atoms with Crippen LogP contribution in [-0.4, -0.2) is 4.98 Å². The number of aromatic nitrogens is 1. The molecule has 230 valence electrons. The maximum Gasteiger partial charge on any atom is 0.138 e. The van der Waals surface area contributed by atoms with Gasteiger partial charge in [-0.25, -0.2) is 4.98 Å². The largest absolute Gasteiger partial charge is 0.295 e. The normalized spacial score (nSPS) is 11.3. The summed E-state index contributed by atoms with van der Waals surface area (Å²) in [6, 6.07) is 69.2. The van der Waals surface area contributed by atoms with Gasteiger partial charge in [-0.1, -0.05) is 152 Å². The smallest absolute Gasteiger partial charge is 0.138 e. The van der Waals surface area contributed by atoms with E-state index in [1.807, 2.05) is 6.07 Å². The summed E-state index contributed by atoms with van der Waals surface area (Å²) in [5.74, 6) is 0.885. The second kappa shape index (κ2) is 12.3. The Kier molecular flexibility index (Phi) is 7.18. The Morgan fingerprint density at radius 3 is 1.33 bits per heavy atom. The molecule has 0 aliphatic carbocycles. The molecule has 2 nitrogen and oxygen atoms in total. The van der Waals surface area contributed by atoms with Crippen molar-refractivity contribution in [2.24, 2.45) is 0 Å². The third kappa shape index (κ3) is 5.21. The molecule has 2 heteroatoms. The zero-order valence-electron chi connectivity index (χ0n) is 26.9. The minimum Gasteiger partial charge on any atom is -0.295 e. The van der Waals surface area contributed by atoms with Gasteiger partial charge in [-0.3, -0.25) is 4.90 Å². The molecule has 0 saturated carbocycles. The molecule has 1 aromatic heterocycles. The van der Waals surface area contributed by atoms with Crippen molar-refractivity contribution in [1.82, 2.24) is 4.98 Å². The fraction of sp³-hybridized carbons (Fsp3) is 0. The molecule has 49 heavy (non-hydrogen) atoms. The van der Waals surface area contributed by atoms with Crippen molar-refractivity contribution in [3.05, 3.63) is 194 Å². The van der Waals surface area contributed by atoms with E-state index in [0.29, 0.717) is 0 Å². The maximum atomic E-state index is 5.08. The summed E-state index contributed by atoms with van der Waals surface area (Å²) in [4.78, 5) is 7.31. The van der Waals surface area contributed by atoms with Crippen molar-refractivity contribution >= 4 is 49.6 Å². The quantitative estimate of drug-likeness (QED) is 0.171. The molecule has 0 fully saturated rings. The number of anilines is 3. The van der Waals surface area contributed by atoms with Crippen molar-refractivity contribution in [1.29, 1.82) is 0 Å². The van der Waals surface area contributed by atoms with Gasteiger partial charge >= 0.3 is 0 Å². The van der Waals surface area contributed by atoms with Gasteiger partial charge < -0.3 is 0 Å². The Balaban J connectivity index is 1.18. The van der Waals surface area contributed by atoms with Crippen LogP contribution in [0.3, 0.4) is 0 Å². The lowest BCUT2D eigenvalue weighted by molar-refractivity contribution is 1.21. The number of hydrogen-bond acceptors (Lipinski definition) is 2. The molecule has 8 aromatic carbocycles. The van der Waals surface area contributed by atoms with Crippen molar-refractivity contribution in [3.63, 3.8) is 0 Å². The predicted molar refractivity (Wildman–Crippen MR) is 208 cm³/mol. The van der Waals surface area contributed by atoms with Gasteiger partial charge in [0.25, 0.3) is 0 Å². The summed E-state index contributed by atoms with van der Waals surface area (Å²) in [7, 11) is 0. The van der Waals surface area contributed by atoms with Crippen molar-refractivity contribution < 1.29 is 0 Å². The van der Waals surface area contributed by atoms with E-state index in [4.69, 9.17) is 4.98 Å². The highest BCUT2D eigenvalue weighted by molar-refractivity contribution is 6.21. The fourth-order valence-corrected chi connectivity index (χ4v) is 7.16. The molecule has 0 radical (unpaired) electrons. The molecule has 9 rings (SSSR count). The molecule has 0 N–H and O–H groups in total. The predicted octanol–water partition coefficient (Wildman–Crippen LogP) is 13.0. The fourth-order valence-electron chi connectivity index (χ4n) is 7.16. The maximum absolute atomic E-state index is 5.08. The van der Waals surface area contributed by atoms with Gasteiger partial charge in [-0.2, -0.15) is 0 Å². The van der Waals surface area contributed by atoms with Crippen LogP contribution in [0.5, 0.6) is 0 Å². The van der Waals surface area contributed by atoms with Gasteiger partial charge in [-0.15, -0.1) is 0 Å². The first-order valence-corrected chi connectivity index (χ1v) is 16.7. The molecule has 0 spiro atoms. The Morgan fingerprint density at radius 2 is 0.735 bits per heavy atom. The van der Waals surface area contributed by atoms with Gasteiger partial charge in [0.2, 0.25) is 0 Å². The van der Waals surface area contributed by atoms with Gasteiger partial charge in [0.15, 0.2) is 0 Å². The average molecular weight is 625 g/mol. The highest BCUT2D eigenvalue weighted by Crippen LogP contribution is 2.44. The van der Waals surface area contributed by atoms with Crippen LogP contribution >= 0.6 is 0 Å². The zero-order valence-corrected chi connectivity index (χ0v) is 26.9. The second-order valence-electron chi connectivity index (χ2n) is 12.4. The number of rotatable bonds is 6. The molecule has 0 aliphatic rings. The number of fused-ring (bicyclic) bond motifs is 3. The van der Waals surface area contributed by atoms with Crippen LogP contribution in [0.4, 0.5) is 17.2 Å². The summed E-state index contributed by atoms with van der Waals surface area (Å²) < 4.78 is 0. The molecule has 0 aliphatic heterocycles. The van der Waals surface area contributed by atoms with E-state index in [0.717, 1.165) is 28.1 Å². The molecule has 1 heterocycles. The summed E-state index contributed by atoms with van der Waals surface area (Å²) in [6.07, 6.45) is 0. The van der Waals surface area contributed by atoms with Crippen molar-refractivity contribution in [2.75, 3.05) is 4.90 Å². The lowest BCUT2D eigenvalue weighted by Crippen LogP contribution is -2.11. The molecule has 0 amide bonds. The molecular formula is C47H32N2. The zero-order chi connectivity index (χ0) is 32.6. The average Bonchev–Trinajstić information content (AvgIpc) is 3.18. The number of hydrogen-bond donors (Lipinski definition) is 0. The molecular weight excluding hydrogens is 593 g/mol. The Bertz CT molecular complexity index is 2520. The van der Waals surface area contributed by atoms with Crippen LogP contribution in [0.2, 0.25) is 0 Å². The minimum atomic E-state index is 0.885. The van der Waals surface area contributed by atoms with E-state index >= 15 is 0 Å². The highest BCUT2D eigenvalue weighted by Gasteiger charge is 2.18. The third-order valence-electron chi connectivity index (χ3n) is 9.45. The lowest BCUT2D eigenvalue weighted by Gasteiger charge is -2.25. The first-order valence-electron chi connectivity index (χ1n) is 16.7. The van der Waals surface area contributed by atoms with Gasteiger partial charge in [-0.05, 0) is 97.4 Å². The Labute approximate surface area is 286 Å². The van der Waals surface area contributed by atoms with Gasteiger partial charge in [0.05, 0.1) is 5.52 Å². The standard InChI is InChI=1S/C47H32N2/c1-3-13-33(14-4-1)34-23-25-36(26-24-34)46-40-18-8-10-20-42(40)47(43-21-11-9-19-41(43)46)37-27-30-39(31-28-37)49(38-16-5-2-6-17-38)45-32-29-35-15-7-12-22-44(35)48-45/h1-32H. The Morgan fingerprint density at radius 1 is 0.306 bits per heavy atom. The van der Waals surface area contributed by atoms with Crippen LogP contribution in [0, 0.1) is 0 Å². The second-order valence-corrected chi connectivity index (χ2v) is 12.4. The van der Waals surface area contributed by atoms with E-state index in [9.17, 15) is 0 Å². The molecule has 9 aromatic rings. The first kappa shape index (κ1) is 28.7. The molecule has 0 saturated heterocycles. The lowest BCUT2D eigenvalue weighted by atomic mass is 9.85. The third-order valence-corrected chi connectivity index (χ3v) is 9.45. The van der Waals surface area contributed by atoms with E-state index in [-0.39, 0.29) is 0 Å². The SMILES string of the molecule is c1ccc(-c2ccc(-c3c4ccccc4c(-c4ccc(N(c5ccccc5)c5ccc6ccccc6n5)cc4)c4ccccc34)cc2)cc1. The topological polar surface area (TPSA) is 16.1 Å². The van der Waals surface area contributed by atoms with Crippen molar-refractivity contribution in [3.8, 4) is 33.4 Å². The molecule has 0 bridgehead atoms.